The van der Waals surface area contributed by atoms with E-state index in [0.717, 1.165) is 12.4 Å². The number of alkyl halides is 1. The van der Waals surface area contributed by atoms with Crippen LogP contribution in [0.4, 0.5) is 8.78 Å². The molecule has 1 aromatic heterocycles. The molecule has 2 aromatic rings. The molecule has 30 heavy (non-hydrogen) atoms. The lowest BCUT2D eigenvalue weighted by molar-refractivity contribution is -0.148. The van der Waals surface area contributed by atoms with Crippen molar-refractivity contribution in [3.05, 3.63) is 48.0 Å². The van der Waals surface area contributed by atoms with E-state index in [-0.39, 0.29) is 25.1 Å². The molecular formula is C20H21F2N3O4S. The number of aliphatic carboxylic acids is 1. The Hall–Kier alpha value is -2.46. The maximum absolute atomic E-state index is 14.7. The molecule has 2 saturated carbocycles. The average Bonchev–Trinajstić information content (AvgIpc) is 3.50. The maximum Gasteiger partial charge on any atom is 0.310 e. The Balaban J connectivity index is 1.56. The van der Waals surface area contributed by atoms with Crippen LogP contribution in [0.5, 0.6) is 0 Å². The highest BCUT2D eigenvalue weighted by Gasteiger charge is 2.52. The number of hydrogen-bond acceptors (Lipinski definition) is 5. The number of carboxylic acid groups (broad SMARTS) is 1. The number of halogens is 2. The molecule has 2 aliphatic carbocycles. The first kappa shape index (κ1) is 20.8. The number of carboxylic acids is 1. The van der Waals surface area contributed by atoms with Crippen LogP contribution in [0.1, 0.15) is 31.2 Å². The van der Waals surface area contributed by atoms with Crippen molar-refractivity contribution in [2.45, 2.75) is 49.6 Å². The van der Waals surface area contributed by atoms with E-state index >= 15 is 0 Å². The molecule has 3 atom stereocenters. The number of nitrogens with zero attached hydrogens (tertiary/aromatic N) is 2. The van der Waals surface area contributed by atoms with Crippen molar-refractivity contribution in [3.63, 3.8) is 0 Å². The Morgan fingerprint density at radius 3 is 2.57 bits per heavy atom. The van der Waals surface area contributed by atoms with Gasteiger partial charge in [-0.1, -0.05) is 18.2 Å². The highest BCUT2D eigenvalue weighted by Crippen LogP contribution is 2.44. The molecule has 10 heteroatoms. The van der Waals surface area contributed by atoms with Crippen LogP contribution < -0.4 is 4.72 Å². The molecule has 0 amide bonds. The number of rotatable bonds is 7. The van der Waals surface area contributed by atoms with Crippen LogP contribution >= 0.6 is 0 Å². The lowest BCUT2D eigenvalue weighted by Gasteiger charge is -2.24. The van der Waals surface area contributed by atoms with Gasteiger partial charge in [0.15, 0.2) is 11.6 Å². The lowest BCUT2D eigenvalue weighted by Crippen LogP contribution is -2.41. The molecular weight excluding hydrogens is 416 g/mol. The van der Waals surface area contributed by atoms with E-state index in [1.54, 1.807) is 24.3 Å². The highest BCUT2D eigenvalue weighted by molar-refractivity contribution is 7.90. The summed E-state index contributed by atoms with van der Waals surface area (Å²) < 4.78 is 54.5. The van der Waals surface area contributed by atoms with Gasteiger partial charge in [0, 0.05) is 5.56 Å². The molecule has 0 aliphatic heterocycles. The normalized spacial score (nSPS) is 26.6. The zero-order valence-corrected chi connectivity index (χ0v) is 16.8. The van der Waals surface area contributed by atoms with Gasteiger partial charge in [-0.2, -0.15) is 0 Å². The highest BCUT2D eigenvalue weighted by atomic mass is 32.2. The van der Waals surface area contributed by atoms with Crippen molar-refractivity contribution in [2.24, 2.45) is 5.41 Å². The predicted molar refractivity (Wildman–Crippen MR) is 104 cm³/mol. The second-order valence-electron chi connectivity index (χ2n) is 8.08. The van der Waals surface area contributed by atoms with Gasteiger partial charge in [-0.25, -0.2) is 31.9 Å². The number of nitrogens with one attached hydrogen (secondary N) is 1. The Labute approximate surface area is 172 Å². The quantitative estimate of drug-likeness (QED) is 0.689. The molecule has 1 heterocycles. The average molecular weight is 437 g/mol. The van der Waals surface area contributed by atoms with Crippen LogP contribution in [-0.4, -0.2) is 46.9 Å². The van der Waals surface area contributed by atoms with Gasteiger partial charge < -0.3 is 5.11 Å². The standard InChI is InChI=1S/C20H21F2N3O4S/c21-14-10-23-18(24-11-14)13-3-1-2-12(6-13)7-20(19(26)27)8-16(22)17(9-20)25-30(28,29)15-4-5-15/h1-3,6,10-11,15-17,25H,4-5,7-9H2,(H,26,27)/t16-,17+,20-/m0/s1. The molecule has 2 fully saturated rings. The van der Waals surface area contributed by atoms with Crippen LogP contribution in [0.25, 0.3) is 11.4 Å². The van der Waals surface area contributed by atoms with Crippen molar-refractivity contribution < 1.29 is 27.1 Å². The minimum atomic E-state index is -3.63. The summed E-state index contributed by atoms with van der Waals surface area (Å²) in [5.74, 6) is -1.45. The lowest BCUT2D eigenvalue weighted by atomic mass is 9.79. The molecule has 0 spiro atoms. The van der Waals surface area contributed by atoms with Gasteiger partial charge >= 0.3 is 5.97 Å². The summed E-state index contributed by atoms with van der Waals surface area (Å²) in [5, 5.41) is 9.38. The number of carbonyl (C=O) groups is 1. The summed E-state index contributed by atoms with van der Waals surface area (Å²) in [5.41, 5.74) is -0.229. The van der Waals surface area contributed by atoms with Gasteiger partial charge in [-0.3, -0.25) is 4.79 Å². The third-order valence-electron chi connectivity index (χ3n) is 5.71. The fourth-order valence-corrected chi connectivity index (χ4v) is 5.62. The molecule has 0 radical (unpaired) electrons. The predicted octanol–water partition coefficient (Wildman–Crippen LogP) is 2.48. The summed E-state index contributed by atoms with van der Waals surface area (Å²) >= 11 is 0. The first-order valence-electron chi connectivity index (χ1n) is 9.64. The Morgan fingerprint density at radius 2 is 1.93 bits per heavy atom. The first-order valence-corrected chi connectivity index (χ1v) is 11.2. The van der Waals surface area contributed by atoms with E-state index in [2.05, 4.69) is 14.7 Å². The molecule has 0 unspecified atom stereocenters. The third kappa shape index (κ3) is 4.20. The second-order valence-corrected chi connectivity index (χ2v) is 10.1. The molecule has 0 bridgehead atoms. The largest absolute Gasteiger partial charge is 0.481 e. The van der Waals surface area contributed by atoms with Crippen molar-refractivity contribution in [3.8, 4) is 11.4 Å². The Morgan fingerprint density at radius 1 is 1.23 bits per heavy atom. The van der Waals surface area contributed by atoms with Crippen LogP contribution in [0, 0.1) is 11.2 Å². The minimum absolute atomic E-state index is 0.0272. The van der Waals surface area contributed by atoms with Crippen LogP contribution in [0.2, 0.25) is 0 Å². The summed E-state index contributed by atoms with van der Waals surface area (Å²) in [7, 11) is -3.63. The summed E-state index contributed by atoms with van der Waals surface area (Å²) in [6.07, 6.45) is 1.19. The van der Waals surface area contributed by atoms with Crippen molar-refractivity contribution in [1.29, 1.82) is 0 Å². The Kier molecular flexibility index (Phi) is 5.31. The van der Waals surface area contributed by atoms with E-state index in [1.807, 2.05) is 0 Å². The topological polar surface area (TPSA) is 109 Å². The number of benzene rings is 1. The van der Waals surface area contributed by atoms with E-state index in [4.69, 9.17) is 0 Å². The molecule has 7 nitrogen and oxygen atoms in total. The molecule has 4 rings (SSSR count). The summed E-state index contributed by atoms with van der Waals surface area (Å²) in [6.45, 7) is 0. The van der Waals surface area contributed by atoms with E-state index in [9.17, 15) is 27.1 Å². The summed E-state index contributed by atoms with van der Waals surface area (Å²) in [6, 6.07) is 5.75. The van der Waals surface area contributed by atoms with Crippen LogP contribution in [0.15, 0.2) is 36.7 Å². The van der Waals surface area contributed by atoms with Crippen molar-refractivity contribution >= 4 is 16.0 Å². The monoisotopic (exact) mass is 437 g/mol. The van der Waals surface area contributed by atoms with E-state index < -0.39 is 44.7 Å². The second kappa shape index (κ2) is 7.66. The van der Waals surface area contributed by atoms with Gasteiger partial charge in [0.2, 0.25) is 10.0 Å². The molecule has 2 aliphatic rings. The molecule has 2 N–H and O–H groups in total. The van der Waals surface area contributed by atoms with Gasteiger partial charge in [0.05, 0.1) is 29.1 Å². The Bertz CT molecular complexity index is 1060. The van der Waals surface area contributed by atoms with Gasteiger partial charge in [0.1, 0.15) is 6.17 Å². The molecule has 160 valence electrons. The fraction of sp³-hybridized carbons (Fsp3) is 0.450. The third-order valence-corrected chi connectivity index (χ3v) is 7.69. The van der Waals surface area contributed by atoms with Crippen LogP contribution in [0.3, 0.4) is 0 Å². The van der Waals surface area contributed by atoms with Crippen LogP contribution in [-0.2, 0) is 21.2 Å². The van der Waals surface area contributed by atoms with Gasteiger partial charge in [-0.05, 0) is 43.7 Å². The smallest absolute Gasteiger partial charge is 0.310 e. The summed E-state index contributed by atoms with van der Waals surface area (Å²) in [4.78, 5) is 20.0. The maximum atomic E-state index is 14.7. The molecule has 0 saturated heterocycles. The number of hydrogen-bond donors (Lipinski definition) is 2. The zero-order chi connectivity index (χ0) is 21.5. The number of aromatic nitrogens is 2. The number of sulfonamides is 1. The molecule has 1 aromatic carbocycles. The van der Waals surface area contributed by atoms with Gasteiger partial charge in [-0.15, -0.1) is 0 Å². The van der Waals surface area contributed by atoms with Crippen molar-refractivity contribution in [2.75, 3.05) is 0 Å². The first-order chi connectivity index (χ1) is 14.2. The van der Waals surface area contributed by atoms with E-state index in [1.165, 1.54) is 0 Å². The zero-order valence-electron chi connectivity index (χ0n) is 16.0. The SMILES string of the molecule is O=C(O)[C@@]1(Cc2cccc(-c3ncc(F)cn3)c2)C[C@H](F)[C@H](NS(=O)(=O)C2CC2)C1. The fourth-order valence-electron chi connectivity index (χ4n) is 4.02. The van der Waals surface area contributed by atoms with Gasteiger partial charge in [0.25, 0.3) is 0 Å². The van der Waals surface area contributed by atoms with Crippen molar-refractivity contribution in [1.82, 2.24) is 14.7 Å². The minimum Gasteiger partial charge on any atom is -0.481 e. The van der Waals surface area contributed by atoms with E-state index in [0.29, 0.717) is 24.0 Å².